The number of ether oxygens (including phenoxy) is 4. The number of non-ortho nitro benzene ring substituents is 1. The second-order valence-electron chi connectivity index (χ2n) is 23.6. The Balaban J connectivity index is 0.000000232. The average Bonchev–Trinajstić information content (AvgIpc) is 4.08. The number of halogens is 2. The molecule has 0 aliphatic heterocycles. The third-order valence-electron chi connectivity index (χ3n) is 12.3. The number of nitrogens with zero attached hydrogens (tertiary/aromatic N) is 9. The van der Waals surface area contributed by atoms with Crippen LogP contribution in [-0.4, -0.2) is 121 Å². The van der Waals surface area contributed by atoms with E-state index in [4.69, 9.17) is 62.7 Å². The molecule has 0 aliphatic rings. The quantitative estimate of drug-likeness (QED) is 0.0212. The Morgan fingerprint density at radius 3 is 1.28 bits per heavy atom. The van der Waals surface area contributed by atoms with Gasteiger partial charge in [0, 0.05) is 87.3 Å². The van der Waals surface area contributed by atoms with Gasteiger partial charge >= 0.3 is 36.7 Å². The third-order valence-corrected chi connectivity index (χ3v) is 19.1. The van der Waals surface area contributed by atoms with E-state index in [9.17, 15) is 10.1 Å². The van der Waals surface area contributed by atoms with Crippen molar-refractivity contribution in [1.29, 1.82) is 0 Å². The van der Waals surface area contributed by atoms with Crippen LogP contribution in [0.5, 0.6) is 0 Å². The van der Waals surface area contributed by atoms with Gasteiger partial charge in [0.15, 0.2) is 11.6 Å². The van der Waals surface area contributed by atoms with Gasteiger partial charge in [0.05, 0.1) is 38.0 Å². The van der Waals surface area contributed by atoms with Crippen molar-refractivity contribution in [3.63, 3.8) is 0 Å². The number of aromatic nitrogens is 8. The average molecular weight is 1240 g/mol. The molecular weight excluding hydrogens is 1160 g/mol. The number of para-hydroxylation sites is 4. The van der Waals surface area contributed by atoms with Gasteiger partial charge in [-0.25, -0.2) is 19.3 Å². The predicted molar refractivity (Wildman–Crippen MR) is 322 cm³/mol. The van der Waals surface area contributed by atoms with Gasteiger partial charge in [-0.1, -0.05) is 103 Å². The summed E-state index contributed by atoms with van der Waals surface area (Å²) in [5.74, 6) is 1.48. The molecule has 4 aromatic carbocycles. The topological polar surface area (TPSA) is 177 Å². The summed E-state index contributed by atoms with van der Waals surface area (Å²) in [6.45, 7) is 32.3. The van der Waals surface area contributed by atoms with Gasteiger partial charge in [0.2, 0.25) is 0 Å². The van der Waals surface area contributed by atoms with Crippen LogP contribution >= 0.6 is 17.8 Å². The van der Waals surface area contributed by atoms with Crippen molar-refractivity contribution in [2.45, 2.75) is 130 Å². The van der Waals surface area contributed by atoms with Crippen LogP contribution in [0.1, 0.15) is 0 Å². The molecule has 75 heavy (non-hydrogen) atoms. The number of rotatable bonds is 23. The first-order valence-corrected chi connectivity index (χ1v) is 47.5. The molecule has 8 aromatic rings. The zero-order chi connectivity index (χ0) is 54.7. The second-order valence-corrected chi connectivity index (χ2v) is 50.3. The number of anilines is 1. The molecule has 2 radical (unpaired) electrons. The van der Waals surface area contributed by atoms with Gasteiger partial charge < -0.3 is 24.7 Å². The second kappa shape index (κ2) is 26.6. The maximum absolute atomic E-state index is 11.5. The van der Waals surface area contributed by atoms with E-state index in [1.165, 1.54) is 6.07 Å². The summed E-state index contributed by atoms with van der Waals surface area (Å²) in [4.78, 5) is 21.0. The van der Waals surface area contributed by atoms with Gasteiger partial charge in [-0.15, -0.1) is 0 Å². The summed E-state index contributed by atoms with van der Waals surface area (Å²) >= 11 is -0.826. The number of hydrogen-bond donors (Lipinski definition) is 1. The molecule has 404 valence electrons. The molecular formula is C52H76Cl2N10O6Si4Sn. The minimum absolute atomic E-state index is 0.0190. The zero-order valence-corrected chi connectivity index (χ0v) is 54.2. The summed E-state index contributed by atoms with van der Waals surface area (Å²) in [6, 6.07) is 31.2. The van der Waals surface area contributed by atoms with Crippen molar-refractivity contribution >= 4 is 124 Å². The standard InChI is InChI=1S/C26H37N5O4Si2.C26H39N5O2Si2.2ClH.Sn/c1-36(2,3)15-13-34-18-29-23-10-8-7-9-22(23)27-26(29)25-21-12-11-20(31(32)33)17-24(21)30(28-25)19-35-14-16-37(4,5)6;1-34(2,3)15-13-32-18-30-23-10-8-7-9-22(23)28-26(30)25-21-12-11-20(27)17-24(21)31(29-25)19-33-14-16-35(4,5)6;;;/h7-12,17H,13-16,18-19H2,1-6H3;7-12,17H,13-16,18-19,27H2,1-6H3;2*1H;/q;;;;+2/p-2. The molecule has 23 heteroatoms. The van der Waals surface area contributed by atoms with Gasteiger partial charge in [-0.05, 0) is 72.7 Å². The Bertz CT molecular complexity index is 3160. The zero-order valence-electron chi connectivity index (χ0n) is 45.9. The molecule has 0 amide bonds. The fraction of sp³-hybridized carbons (Fsp3) is 0.462. The van der Waals surface area contributed by atoms with Gasteiger partial charge in [0.25, 0.3) is 5.69 Å². The van der Waals surface area contributed by atoms with Crippen LogP contribution in [0.3, 0.4) is 0 Å². The number of nitro groups is 1. The molecule has 0 saturated carbocycles. The van der Waals surface area contributed by atoms with Gasteiger partial charge in [0.1, 0.15) is 38.3 Å². The first-order valence-electron chi connectivity index (χ1n) is 25.5. The molecule has 4 heterocycles. The van der Waals surface area contributed by atoms with E-state index in [1.54, 1.807) is 16.8 Å². The Hall–Kier alpha value is -3.95. The maximum atomic E-state index is 11.5. The third kappa shape index (κ3) is 17.5. The van der Waals surface area contributed by atoms with Crippen LogP contribution in [-0.2, 0) is 45.9 Å². The predicted octanol–water partition coefficient (Wildman–Crippen LogP) is 13.8. The molecule has 16 nitrogen and oxygen atoms in total. The molecule has 0 saturated heterocycles. The van der Waals surface area contributed by atoms with Crippen molar-refractivity contribution < 1.29 is 23.9 Å². The molecule has 4 aromatic heterocycles. The molecule has 0 fully saturated rings. The van der Waals surface area contributed by atoms with E-state index < -0.39 is 51.2 Å². The van der Waals surface area contributed by atoms with Crippen LogP contribution in [0.4, 0.5) is 11.4 Å². The monoisotopic (exact) mass is 1240 g/mol. The number of hydrogen-bond acceptors (Lipinski definition) is 11. The number of nitro benzene ring substituents is 1. The van der Waals surface area contributed by atoms with Crippen molar-refractivity contribution in [2.75, 3.05) is 32.2 Å². The summed E-state index contributed by atoms with van der Waals surface area (Å²) in [5.41, 5.74) is 13.7. The first kappa shape index (κ1) is 60.3. The van der Waals surface area contributed by atoms with Crippen LogP contribution < -0.4 is 5.73 Å². The Morgan fingerprint density at radius 1 is 0.533 bits per heavy atom. The molecule has 0 bridgehead atoms. The van der Waals surface area contributed by atoms with E-state index in [1.807, 2.05) is 69.9 Å². The van der Waals surface area contributed by atoms with Crippen molar-refractivity contribution in [3.8, 4) is 23.0 Å². The number of nitrogen functional groups attached to an aromatic ring is 1. The Kier molecular flexibility index (Phi) is 21.4. The summed E-state index contributed by atoms with van der Waals surface area (Å²) < 4.78 is 32.1. The number of benzene rings is 4. The Labute approximate surface area is 463 Å². The number of fused-ring (bicyclic) bond motifs is 4. The fourth-order valence-corrected chi connectivity index (χ4v) is 10.9. The van der Waals surface area contributed by atoms with E-state index in [-0.39, 0.29) is 17.3 Å². The summed E-state index contributed by atoms with van der Waals surface area (Å²) in [7, 11) is 5.08. The summed E-state index contributed by atoms with van der Waals surface area (Å²) in [5, 5.41) is 23.1. The van der Waals surface area contributed by atoms with Crippen LogP contribution in [0, 0.1) is 10.1 Å². The van der Waals surface area contributed by atoms with E-state index >= 15 is 0 Å². The summed E-state index contributed by atoms with van der Waals surface area (Å²) in [6.07, 6.45) is 0. The first-order chi connectivity index (χ1) is 35.4. The van der Waals surface area contributed by atoms with Gasteiger partial charge in [-0.2, -0.15) is 10.2 Å². The molecule has 2 N–H and O–H groups in total. The molecule has 8 rings (SSSR count). The normalized spacial score (nSPS) is 12.4. The SMILES string of the molecule is C[Si](C)(C)CCOCn1nc(-c2nc3ccccc3n2COCC[Si](C)(C)C)c2ccc(N)cc21.C[Si](C)(C)CCOCn1nc(-c2nc3ccccc3n2COCC[Si](C)(C)C)c2ccc([N+](=O)[O-])cc21.[Cl][Sn][Cl]. The molecule has 0 atom stereocenters. The van der Waals surface area contributed by atoms with Crippen molar-refractivity contribution in [2.24, 2.45) is 0 Å². The van der Waals surface area contributed by atoms with Gasteiger partial charge in [-0.3, -0.25) is 19.2 Å². The molecule has 0 aliphatic carbocycles. The molecule has 0 spiro atoms. The van der Waals surface area contributed by atoms with E-state index in [2.05, 4.69) is 89.2 Å². The Morgan fingerprint density at radius 2 is 0.893 bits per heavy atom. The number of imidazole rings is 2. The fourth-order valence-electron chi connectivity index (χ4n) is 7.89. The van der Waals surface area contributed by atoms with Crippen LogP contribution in [0.25, 0.3) is 66.9 Å². The minimum atomic E-state index is -1.24. The molecule has 0 unspecified atom stereocenters. The van der Waals surface area contributed by atoms with Crippen molar-refractivity contribution in [1.82, 2.24) is 38.7 Å². The number of nitrogens with two attached hydrogens (primary N) is 1. The van der Waals surface area contributed by atoms with Crippen LogP contribution in [0.15, 0.2) is 84.9 Å². The van der Waals surface area contributed by atoms with Crippen molar-refractivity contribution in [3.05, 3.63) is 95.0 Å². The van der Waals surface area contributed by atoms with E-state index in [0.717, 1.165) is 87.3 Å². The van der Waals surface area contributed by atoms with E-state index in [0.29, 0.717) is 56.1 Å². The van der Waals surface area contributed by atoms with Crippen LogP contribution in [0.2, 0.25) is 103 Å².